The van der Waals surface area contributed by atoms with Crippen LogP contribution in [0, 0.1) is 0 Å². The van der Waals surface area contributed by atoms with Crippen LogP contribution in [0.15, 0.2) is 4.79 Å². The van der Waals surface area contributed by atoms with Crippen molar-refractivity contribution in [3.05, 3.63) is 10.4 Å². The van der Waals surface area contributed by atoms with Gasteiger partial charge in [0.1, 0.15) is 5.69 Å². The number of anilines is 2. The maximum absolute atomic E-state index is 11.0. The third-order valence-corrected chi connectivity index (χ3v) is 1.25. The molecule has 0 atom stereocenters. The number of aromatic nitrogens is 3. The monoisotopic (exact) mass is 155 g/mol. The van der Waals surface area contributed by atoms with Crippen molar-refractivity contribution >= 4 is 11.5 Å². The lowest BCUT2D eigenvalue weighted by Gasteiger charge is -2.02. The Balaban J connectivity index is 3.24. The Bertz CT molecular complexity index is 293. The van der Waals surface area contributed by atoms with Crippen LogP contribution in [0.4, 0.5) is 11.5 Å². The van der Waals surface area contributed by atoms with E-state index in [1.165, 1.54) is 0 Å². The lowest BCUT2D eigenvalue weighted by Crippen LogP contribution is -2.17. The molecule has 0 aliphatic rings. The van der Waals surface area contributed by atoms with Crippen LogP contribution >= 0.6 is 0 Å². The van der Waals surface area contributed by atoms with E-state index in [-0.39, 0.29) is 5.56 Å². The van der Waals surface area contributed by atoms with Gasteiger partial charge in [0.2, 0.25) is 0 Å². The normalized spacial score (nSPS) is 9.27. The van der Waals surface area contributed by atoms with Crippen LogP contribution in [0.5, 0.6) is 0 Å². The standard InChI is InChI=1S/C5H9N5O/c1-6-3-4(7-2)8-10-9-5(3)11/h1-2H3,(H,6,10)(H2,7,8,9,11). The first-order chi connectivity index (χ1) is 5.29. The highest BCUT2D eigenvalue weighted by molar-refractivity contribution is 5.61. The molecule has 0 bridgehead atoms. The van der Waals surface area contributed by atoms with E-state index in [0.29, 0.717) is 11.5 Å². The summed E-state index contributed by atoms with van der Waals surface area (Å²) in [7, 11) is 3.32. The van der Waals surface area contributed by atoms with Crippen molar-refractivity contribution in [3.8, 4) is 0 Å². The van der Waals surface area contributed by atoms with Gasteiger partial charge in [-0.05, 0) is 0 Å². The molecule has 1 aromatic heterocycles. The highest BCUT2D eigenvalue weighted by atomic mass is 16.1. The predicted octanol–water partition coefficient (Wildman–Crippen LogP) is -0.752. The first kappa shape index (κ1) is 7.52. The second kappa shape index (κ2) is 3.00. The van der Waals surface area contributed by atoms with E-state index in [2.05, 4.69) is 26.0 Å². The molecule has 1 aromatic rings. The molecule has 1 heterocycles. The Morgan fingerprint density at radius 3 is 2.55 bits per heavy atom. The summed E-state index contributed by atoms with van der Waals surface area (Å²) in [5.41, 5.74) is 0.106. The molecule has 0 saturated heterocycles. The van der Waals surface area contributed by atoms with Crippen LogP contribution in [0.3, 0.4) is 0 Å². The molecule has 0 aliphatic heterocycles. The molecular weight excluding hydrogens is 146 g/mol. The smallest absolute Gasteiger partial charge is 0.292 e. The molecule has 0 aromatic carbocycles. The van der Waals surface area contributed by atoms with E-state index in [9.17, 15) is 4.79 Å². The average Bonchev–Trinajstić information content (AvgIpc) is 2.04. The summed E-state index contributed by atoms with van der Waals surface area (Å²) in [6.07, 6.45) is 0. The van der Waals surface area contributed by atoms with Crippen LogP contribution in [0.2, 0.25) is 0 Å². The summed E-state index contributed by atoms with van der Waals surface area (Å²) >= 11 is 0. The van der Waals surface area contributed by atoms with Gasteiger partial charge in [-0.15, -0.1) is 5.10 Å². The number of rotatable bonds is 2. The fourth-order valence-corrected chi connectivity index (χ4v) is 0.741. The topological polar surface area (TPSA) is 82.7 Å². The number of hydrogen-bond acceptors (Lipinski definition) is 5. The molecule has 0 spiro atoms. The van der Waals surface area contributed by atoms with Crippen LogP contribution in [-0.2, 0) is 0 Å². The molecule has 0 radical (unpaired) electrons. The average molecular weight is 155 g/mol. The quantitative estimate of drug-likeness (QED) is 0.523. The van der Waals surface area contributed by atoms with E-state index in [1.54, 1.807) is 14.1 Å². The van der Waals surface area contributed by atoms with Crippen LogP contribution in [0.25, 0.3) is 0 Å². The number of nitrogens with zero attached hydrogens (tertiary/aromatic N) is 2. The summed E-state index contributed by atoms with van der Waals surface area (Å²) < 4.78 is 0. The lowest BCUT2D eigenvalue weighted by atomic mass is 10.5. The van der Waals surface area contributed by atoms with Crippen molar-refractivity contribution in [2.45, 2.75) is 0 Å². The molecule has 0 amide bonds. The number of nitrogens with one attached hydrogen (secondary N) is 3. The van der Waals surface area contributed by atoms with E-state index in [1.807, 2.05) is 0 Å². The SMILES string of the molecule is CNc1nn[nH]c(=O)c1NC. The van der Waals surface area contributed by atoms with Crippen LogP contribution in [0.1, 0.15) is 0 Å². The minimum absolute atomic E-state index is 0.285. The van der Waals surface area contributed by atoms with Gasteiger partial charge in [-0.1, -0.05) is 5.21 Å². The molecule has 1 rings (SSSR count). The van der Waals surface area contributed by atoms with E-state index >= 15 is 0 Å². The fourth-order valence-electron chi connectivity index (χ4n) is 0.741. The summed E-state index contributed by atoms with van der Waals surface area (Å²) in [5, 5.41) is 14.7. The summed E-state index contributed by atoms with van der Waals surface area (Å²) in [5.74, 6) is 0.441. The van der Waals surface area contributed by atoms with E-state index in [0.717, 1.165) is 0 Å². The number of aromatic amines is 1. The first-order valence-corrected chi connectivity index (χ1v) is 3.10. The highest BCUT2D eigenvalue weighted by Crippen LogP contribution is 2.07. The third-order valence-electron chi connectivity index (χ3n) is 1.25. The van der Waals surface area contributed by atoms with Gasteiger partial charge in [-0.25, -0.2) is 5.10 Å². The Morgan fingerprint density at radius 1 is 1.36 bits per heavy atom. The van der Waals surface area contributed by atoms with Crippen molar-refractivity contribution in [2.75, 3.05) is 24.7 Å². The number of hydrogen-bond donors (Lipinski definition) is 3. The van der Waals surface area contributed by atoms with E-state index in [4.69, 9.17) is 0 Å². The molecule has 0 saturated carbocycles. The zero-order chi connectivity index (χ0) is 8.27. The Hall–Kier alpha value is -1.59. The highest BCUT2D eigenvalue weighted by Gasteiger charge is 2.03. The van der Waals surface area contributed by atoms with Gasteiger partial charge >= 0.3 is 0 Å². The van der Waals surface area contributed by atoms with Gasteiger partial charge in [0, 0.05) is 14.1 Å². The lowest BCUT2D eigenvalue weighted by molar-refractivity contribution is 0.847. The van der Waals surface area contributed by atoms with E-state index < -0.39 is 0 Å². The van der Waals surface area contributed by atoms with Crippen molar-refractivity contribution < 1.29 is 0 Å². The molecule has 0 unspecified atom stereocenters. The van der Waals surface area contributed by atoms with Gasteiger partial charge in [0.05, 0.1) is 0 Å². The van der Waals surface area contributed by atoms with Gasteiger partial charge in [-0.3, -0.25) is 4.79 Å². The maximum Gasteiger partial charge on any atom is 0.292 e. The maximum atomic E-state index is 11.0. The second-order valence-electron chi connectivity index (χ2n) is 1.86. The zero-order valence-electron chi connectivity index (χ0n) is 6.30. The summed E-state index contributed by atoms with van der Waals surface area (Å²) in [6, 6.07) is 0. The van der Waals surface area contributed by atoms with Gasteiger partial charge < -0.3 is 10.6 Å². The second-order valence-corrected chi connectivity index (χ2v) is 1.86. The van der Waals surface area contributed by atoms with Crippen LogP contribution in [-0.4, -0.2) is 29.5 Å². The van der Waals surface area contributed by atoms with Crippen molar-refractivity contribution in [3.63, 3.8) is 0 Å². The molecule has 60 valence electrons. The van der Waals surface area contributed by atoms with Crippen molar-refractivity contribution in [1.29, 1.82) is 0 Å². The molecule has 0 fully saturated rings. The predicted molar refractivity (Wildman–Crippen MR) is 41.7 cm³/mol. The first-order valence-electron chi connectivity index (χ1n) is 3.10. The van der Waals surface area contributed by atoms with Gasteiger partial charge in [0.15, 0.2) is 5.82 Å². The fraction of sp³-hybridized carbons (Fsp3) is 0.400. The summed E-state index contributed by atoms with van der Waals surface area (Å²) in [4.78, 5) is 11.0. The third kappa shape index (κ3) is 1.28. The largest absolute Gasteiger partial charge is 0.381 e. The van der Waals surface area contributed by atoms with Gasteiger partial charge in [-0.2, -0.15) is 0 Å². The summed E-state index contributed by atoms with van der Waals surface area (Å²) in [6.45, 7) is 0. The van der Waals surface area contributed by atoms with Gasteiger partial charge in [0.25, 0.3) is 5.56 Å². The molecule has 3 N–H and O–H groups in total. The molecule has 0 aliphatic carbocycles. The Kier molecular flexibility index (Phi) is 2.05. The van der Waals surface area contributed by atoms with Crippen molar-refractivity contribution in [2.24, 2.45) is 0 Å². The minimum atomic E-state index is -0.285. The molecule has 6 nitrogen and oxygen atoms in total. The minimum Gasteiger partial charge on any atom is -0.381 e. The van der Waals surface area contributed by atoms with Crippen molar-refractivity contribution in [1.82, 2.24) is 15.4 Å². The molecule has 6 heteroatoms. The van der Waals surface area contributed by atoms with Crippen LogP contribution < -0.4 is 16.2 Å². The molecular formula is C5H9N5O. The number of H-pyrrole nitrogens is 1. The Labute approximate surface area is 63.0 Å². The zero-order valence-corrected chi connectivity index (χ0v) is 6.30. The Morgan fingerprint density at radius 2 is 2.09 bits per heavy atom. The molecule has 11 heavy (non-hydrogen) atoms.